The average molecular weight is 547 g/mol. The molecule has 0 fully saturated rings. The number of hydrogen-bond acceptors (Lipinski definition) is 4. The third kappa shape index (κ3) is 6.68. The number of carbonyl (C=O) groups is 1. The first-order chi connectivity index (χ1) is 15.5. The van der Waals surface area contributed by atoms with Crippen molar-refractivity contribution >= 4 is 40.5 Å². The first-order valence-corrected chi connectivity index (χ1v) is 11.0. The van der Waals surface area contributed by atoms with Crippen molar-refractivity contribution in [3.05, 3.63) is 86.7 Å². The highest BCUT2D eigenvalue weighted by Crippen LogP contribution is 2.34. The molecule has 0 saturated carbocycles. The lowest BCUT2D eigenvalue weighted by molar-refractivity contribution is 0.252. The van der Waals surface area contributed by atoms with Gasteiger partial charge in [-0.1, -0.05) is 30.3 Å². The van der Waals surface area contributed by atoms with Crippen LogP contribution in [0.4, 0.5) is 14.9 Å². The summed E-state index contributed by atoms with van der Waals surface area (Å²) in [6.45, 7) is 4.54. The summed E-state index contributed by atoms with van der Waals surface area (Å²) in [5.74, 6) is 0.870. The van der Waals surface area contributed by atoms with Crippen molar-refractivity contribution in [3.8, 4) is 11.5 Å². The van der Waals surface area contributed by atoms with Crippen LogP contribution in [0.15, 0.2) is 65.8 Å². The fraction of sp³-hybridized carbons (Fsp3) is 0.167. The van der Waals surface area contributed by atoms with Gasteiger partial charge in [0.2, 0.25) is 0 Å². The second-order valence-electron chi connectivity index (χ2n) is 6.82. The molecule has 0 radical (unpaired) electrons. The molecule has 3 aromatic rings. The molecule has 2 amide bonds. The number of aryl methyl sites for hydroxylation is 1. The summed E-state index contributed by atoms with van der Waals surface area (Å²) >= 11 is 2.16. The van der Waals surface area contributed by atoms with Crippen LogP contribution >= 0.6 is 22.6 Å². The number of para-hydroxylation sites is 1. The number of halogens is 2. The molecule has 0 unspecified atom stereocenters. The van der Waals surface area contributed by atoms with Gasteiger partial charge in [0.05, 0.1) is 16.4 Å². The van der Waals surface area contributed by atoms with E-state index in [1.807, 2.05) is 44.2 Å². The SMILES string of the molecule is CCOc1cc(C=NNC(=O)Nc2ccccc2C)cc(I)c1OCc1ccc(F)cc1. The van der Waals surface area contributed by atoms with Gasteiger partial charge in [0, 0.05) is 5.69 Å². The Morgan fingerprint density at radius 1 is 1.12 bits per heavy atom. The Hall–Kier alpha value is -3.14. The maximum absolute atomic E-state index is 13.1. The Bertz CT molecular complexity index is 1100. The topological polar surface area (TPSA) is 72.0 Å². The zero-order chi connectivity index (χ0) is 22.9. The minimum absolute atomic E-state index is 0.282. The highest BCUT2D eigenvalue weighted by atomic mass is 127. The fourth-order valence-electron chi connectivity index (χ4n) is 2.83. The average Bonchev–Trinajstić information content (AvgIpc) is 2.76. The number of urea groups is 1. The van der Waals surface area contributed by atoms with Crippen molar-refractivity contribution in [2.75, 3.05) is 11.9 Å². The Morgan fingerprint density at radius 3 is 2.59 bits per heavy atom. The molecule has 0 aliphatic carbocycles. The minimum Gasteiger partial charge on any atom is -0.490 e. The second-order valence-corrected chi connectivity index (χ2v) is 7.98. The van der Waals surface area contributed by atoms with Crippen LogP contribution in [0.2, 0.25) is 0 Å². The van der Waals surface area contributed by atoms with Crippen LogP contribution < -0.4 is 20.2 Å². The Labute approximate surface area is 200 Å². The molecule has 0 saturated heterocycles. The number of nitrogens with one attached hydrogen (secondary N) is 2. The molecule has 0 heterocycles. The third-order valence-electron chi connectivity index (χ3n) is 4.40. The number of benzene rings is 3. The van der Waals surface area contributed by atoms with Crippen molar-refractivity contribution in [2.24, 2.45) is 5.10 Å². The van der Waals surface area contributed by atoms with E-state index in [2.05, 4.69) is 38.4 Å². The summed E-state index contributed by atoms with van der Waals surface area (Å²) < 4.78 is 25.6. The maximum atomic E-state index is 13.1. The number of ether oxygens (including phenoxy) is 2. The summed E-state index contributed by atoms with van der Waals surface area (Å²) in [6.07, 6.45) is 1.53. The molecule has 0 bridgehead atoms. The molecule has 0 spiro atoms. The van der Waals surface area contributed by atoms with E-state index in [1.54, 1.807) is 18.2 Å². The van der Waals surface area contributed by atoms with Crippen LogP contribution in [0.1, 0.15) is 23.6 Å². The molecule has 0 atom stereocenters. The molecule has 0 aliphatic rings. The van der Waals surface area contributed by atoms with E-state index < -0.39 is 6.03 Å². The number of rotatable bonds is 8. The first kappa shape index (κ1) is 23.5. The van der Waals surface area contributed by atoms with E-state index in [0.717, 1.165) is 25.9 Å². The van der Waals surface area contributed by atoms with Crippen LogP contribution in [-0.4, -0.2) is 18.9 Å². The largest absolute Gasteiger partial charge is 0.490 e. The second kappa shape index (κ2) is 11.5. The van der Waals surface area contributed by atoms with Gasteiger partial charge in [0.25, 0.3) is 0 Å². The number of hydrazone groups is 1. The number of amides is 2. The monoisotopic (exact) mass is 547 g/mol. The lowest BCUT2D eigenvalue weighted by Gasteiger charge is -2.15. The molecule has 8 heteroatoms. The molecule has 3 aromatic carbocycles. The summed E-state index contributed by atoms with van der Waals surface area (Å²) in [6, 6.07) is 16.9. The molecule has 3 rings (SSSR count). The Balaban J connectivity index is 1.67. The zero-order valence-corrected chi connectivity index (χ0v) is 19.9. The Kier molecular flexibility index (Phi) is 8.43. The van der Waals surface area contributed by atoms with Gasteiger partial charge in [-0.2, -0.15) is 5.10 Å². The van der Waals surface area contributed by atoms with Crippen molar-refractivity contribution in [2.45, 2.75) is 20.5 Å². The molecule has 0 aliphatic heterocycles. The van der Waals surface area contributed by atoms with Crippen LogP contribution in [0.5, 0.6) is 11.5 Å². The molecule has 0 aromatic heterocycles. The zero-order valence-electron chi connectivity index (χ0n) is 17.7. The molecule has 6 nitrogen and oxygen atoms in total. The van der Waals surface area contributed by atoms with Gasteiger partial charge in [0.1, 0.15) is 12.4 Å². The molecule has 32 heavy (non-hydrogen) atoms. The lowest BCUT2D eigenvalue weighted by atomic mass is 10.2. The van der Waals surface area contributed by atoms with E-state index in [4.69, 9.17) is 9.47 Å². The number of hydrogen-bond donors (Lipinski definition) is 2. The van der Waals surface area contributed by atoms with Crippen LogP contribution in [0.25, 0.3) is 0 Å². The van der Waals surface area contributed by atoms with Crippen molar-refractivity contribution in [1.29, 1.82) is 0 Å². The van der Waals surface area contributed by atoms with Gasteiger partial charge in [-0.25, -0.2) is 14.6 Å². The standard InChI is InChI=1S/C24H23FIN3O3/c1-3-31-22-13-18(14-27-29-24(30)28-21-7-5-4-6-16(21)2)12-20(26)23(22)32-15-17-8-10-19(25)11-9-17/h4-14H,3,15H2,1-2H3,(H2,28,29,30). The van der Waals surface area contributed by atoms with Crippen LogP contribution in [0, 0.1) is 16.3 Å². The van der Waals surface area contributed by atoms with E-state index in [-0.39, 0.29) is 12.4 Å². The van der Waals surface area contributed by atoms with Gasteiger partial charge in [-0.15, -0.1) is 0 Å². The van der Waals surface area contributed by atoms with E-state index >= 15 is 0 Å². The van der Waals surface area contributed by atoms with E-state index in [1.165, 1.54) is 18.3 Å². The summed E-state index contributed by atoms with van der Waals surface area (Å²) in [7, 11) is 0. The quantitative estimate of drug-likeness (QED) is 0.211. The van der Waals surface area contributed by atoms with E-state index in [0.29, 0.717) is 18.1 Å². The number of carbonyl (C=O) groups excluding carboxylic acids is 1. The van der Waals surface area contributed by atoms with Crippen molar-refractivity contribution in [3.63, 3.8) is 0 Å². The van der Waals surface area contributed by atoms with Gasteiger partial charge in [-0.05, 0) is 83.5 Å². The highest BCUT2D eigenvalue weighted by Gasteiger charge is 2.12. The van der Waals surface area contributed by atoms with Gasteiger partial charge in [0.15, 0.2) is 11.5 Å². The third-order valence-corrected chi connectivity index (χ3v) is 5.20. The summed E-state index contributed by atoms with van der Waals surface area (Å²) in [4.78, 5) is 12.1. The minimum atomic E-state index is -0.436. The summed E-state index contributed by atoms with van der Waals surface area (Å²) in [5, 5.41) is 6.77. The van der Waals surface area contributed by atoms with Crippen molar-refractivity contribution in [1.82, 2.24) is 5.43 Å². The van der Waals surface area contributed by atoms with Crippen LogP contribution in [-0.2, 0) is 6.61 Å². The summed E-state index contributed by atoms with van der Waals surface area (Å²) in [5.41, 5.74) is 5.72. The number of nitrogens with zero attached hydrogens (tertiary/aromatic N) is 1. The lowest BCUT2D eigenvalue weighted by Crippen LogP contribution is -2.24. The molecule has 2 N–H and O–H groups in total. The van der Waals surface area contributed by atoms with E-state index in [9.17, 15) is 9.18 Å². The predicted octanol–water partition coefficient (Wildman–Crippen LogP) is 5.87. The highest BCUT2D eigenvalue weighted by molar-refractivity contribution is 14.1. The first-order valence-electron chi connectivity index (χ1n) is 9.95. The van der Waals surface area contributed by atoms with Gasteiger partial charge in [-0.3, -0.25) is 0 Å². The normalized spacial score (nSPS) is 10.8. The predicted molar refractivity (Wildman–Crippen MR) is 132 cm³/mol. The van der Waals surface area contributed by atoms with Gasteiger partial charge >= 0.3 is 6.03 Å². The smallest absolute Gasteiger partial charge is 0.339 e. The molecular formula is C24H23FIN3O3. The maximum Gasteiger partial charge on any atom is 0.339 e. The number of anilines is 1. The molecule has 166 valence electrons. The fourth-order valence-corrected chi connectivity index (χ4v) is 3.61. The molecular weight excluding hydrogens is 524 g/mol. The van der Waals surface area contributed by atoms with Gasteiger partial charge < -0.3 is 14.8 Å². The Morgan fingerprint density at radius 2 is 1.88 bits per heavy atom. The van der Waals surface area contributed by atoms with Crippen molar-refractivity contribution < 1.29 is 18.7 Å². The van der Waals surface area contributed by atoms with Crippen LogP contribution in [0.3, 0.4) is 0 Å².